The third-order valence-electron chi connectivity index (χ3n) is 2.28. The number of thiophene rings is 1. The van der Waals surface area contributed by atoms with Gasteiger partial charge in [-0.3, -0.25) is 9.63 Å². The standard InChI is InChI=1S/C11H10FNO2S/c1-13(15-2)11(14)10-6-7-8(12)4-3-5-9(7)16-10/h3-6H,1-2H3. The molecule has 1 aromatic carbocycles. The summed E-state index contributed by atoms with van der Waals surface area (Å²) in [6, 6.07) is 6.34. The number of hydrogen-bond donors (Lipinski definition) is 0. The number of halogens is 1. The summed E-state index contributed by atoms with van der Waals surface area (Å²) in [4.78, 5) is 17.0. The number of amides is 1. The lowest BCUT2D eigenvalue weighted by Crippen LogP contribution is -2.24. The van der Waals surface area contributed by atoms with Crippen molar-refractivity contribution in [2.75, 3.05) is 14.2 Å². The number of carbonyl (C=O) groups is 1. The molecule has 0 saturated heterocycles. The normalized spacial score (nSPS) is 10.7. The summed E-state index contributed by atoms with van der Waals surface area (Å²) in [6.07, 6.45) is 0. The minimum atomic E-state index is -0.312. The summed E-state index contributed by atoms with van der Waals surface area (Å²) >= 11 is 1.25. The van der Waals surface area contributed by atoms with Gasteiger partial charge in [-0.1, -0.05) is 6.07 Å². The predicted molar refractivity (Wildman–Crippen MR) is 60.9 cm³/mol. The van der Waals surface area contributed by atoms with E-state index in [2.05, 4.69) is 0 Å². The van der Waals surface area contributed by atoms with Gasteiger partial charge in [0.2, 0.25) is 0 Å². The third-order valence-corrected chi connectivity index (χ3v) is 3.37. The summed E-state index contributed by atoms with van der Waals surface area (Å²) in [7, 11) is 2.93. The Morgan fingerprint density at radius 3 is 2.88 bits per heavy atom. The molecule has 3 nitrogen and oxygen atoms in total. The van der Waals surface area contributed by atoms with E-state index in [-0.39, 0.29) is 11.7 Å². The molecule has 0 N–H and O–H groups in total. The van der Waals surface area contributed by atoms with Gasteiger partial charge in [-0.15, -0.1) is 11.3 Å². The molecule has 84 valence electrons. The van der Waals surface area contributed by atoms with Gasteiger partial charge >= 0.3 is 0 Å². The van der Waals surface area contributed by atoms with Crippen LogP contribution in [0.3, 0.4) is 0 Å². The van der Waals surface area contributed by atoms with Gasteiger partial charge in [0, 0.05) is 17.1 Å². The van der Waals surface area contributed by atoms with Gasteiger partial charge in [-0.2, -0.15) is 0 Å². The molecule has 0 unspecified atom stereocenters. The van der Waals surface area contributed by atoms with Crippen molar-refractivity contribution < 1.29 is 14.0 Å². The van der Waals surface area contributed by atoms with Crippen LogP contribution < -0.4 is 0 Å². The molecular formula is C11H10FNO2S. The summed E-state index contributed by atoms with van der Waals surface area (Å²) in [5.74, 6) is -0.587. The number of hydroxylamine groups is 2. The first-order valence-corrected chi connectivity index (χ1v) is 5.45. The van der Waals surface area contributed by atoms with Gasteiger partial charge in [0.25, 0.3) is 5.91 Å². The van der Waals surface area contributed by atoms with Crippen LogP contribution >= 0.6 is 11.3 Å². The van der Waals surface area contributed by atoms with Crippen molar-refractivity contribution in [3.63, 3.8) is 0 Å². The van der Waals surface area contributed by atoms with E-state index in [9.17, 15) is 9.18 Å². The Labute approximate surface area is 96.0 Å². The fourth-order valence-electron chi connectivity index (χ4n) is 1.37. The summed E-state index contributed by atoms with van der Waals surface area (Å²) in [5, 5.41) is 1.59. The third kappa shape index (κ3) is 1.79. The van der Waals surface area contributed by atoms with Crippen LogP contribution in [0.4, 0.5) is 4.39 Å². The molecule has 16 heavy (non-hydrogen) atoms. The number of nitrogens with zero attached hydrogens (tertiary/aromatic N) is 1. The number of carbonyl (C=O) groups excluding carboxylic acids is 1. The Kier molecular flexibility index (Phi) is 2.89. The monoisotopic (exact) mass is 239 g/mol. The van der Waals surface area contributed by atoms with E-state index in [0.717, 1.165) is 9.76 Å². The molecule has 1 aromatic heterocycles. The van der Waals surface area contributed by atoms with Gasteiger partial charge in [0.1, 0.15) is 5.82 Å². The highest BCUT2D eigenvalue weighted by Gasteiger charge is 2.15. The van der Waals surface area contributed by atoms with Crippen molar-refractivity contribution in [1.82, 2.24) is 5.06 Å². The fourth-order valence-corrected chi connectivity index (χ4v) is 2.41. The van der Waals surface area contributed by atoms with Crippen molar-refractivity contribution in [2.45, 2.75) is 0 Å². The second kappa shape index (κ2) is 4.19. The lowest BCUT2D eigenvalue weighted by Gasteiger charge is -2.11. The fraction of sp³-hybridized carbons (Fsp3) is 0.182. The van der Waals surface area contributed by atoms with Crippen molar-refractivity contribution in [3.05, 3.63) is 35.0 Å². The molecule has 0 bridgehead atoms. The van der Waals surface area contributed by atoms with Gasteiger partial charge < -0.3 is 0 Å². The molecule has 0 aliphatic heterocycles. The van der Waals surface area contributed by atoms with Gasteiger partial charge in [0.15, 0.2) is 0 Å². The topological polar surface area (TPSA) is 29.5 Å². The van der Waals surface area contributed by atoms with Crippen LogP contribution in [0.1, 0.15) is 9.67 Å². The Hall–Kier alpha value is -1.46. The van der Waals surface area contributed by atoms with Gasteiger partial charge in [0.05, 0.1) is 12.0 Å². The maximum absolute atomic E-state index is 13.4. The van der Waals surface area contributed by atoms with Crippen LogP contribution in [0.25, 0.3) is 10.1 Å². The average Bonchev–Trinajstić information content (AvgIpc) is 2.72. The highest BCUT2D eigenvalue weighted by molar-refractivity contribution is 7.20. The lowest BCUT2D eigenvalue weighted by molar-refractivity contribution is -0.0753. The van der Waals surface area contributed by atoms with E-state index in [1.807, 2.05) is 0 Å². The van der Waals surface area contributed by atoms with Crippen molar-refractivity contribution >= 4 is 27.3 Å². The van der Waals surface area contributed by atoms with Crippen molar-refractivity contribution in [3.8, 4) is 0 Å². The van der Waals surface area contributed by atoms with Crippen LogP contribution in [0.2, 0.25) is 0 Å². The Morgan fingerprint density at radius 1 is 1.50 bits per heavy atom. The largest absolute Gasteiger partial charge is 0.287 e. The SMILES string of the molecule is CON(C)C(=O)c1cc2c(F)cccc2s1. The van der Waals surface area contributed by atoms with E-state index in [0.29, 0.717) is 10.3 Å². The number of fused-ring (bicyclic) bond motifs is 1. The minimum absolute atomic E-state index is 0.275. The molecule has 0 spiro atoms. The van der Waals surface area contributed by atoms with Crippen LogP contribution in [0, 0.1) is 5.82 Å². The van der Waals surface area contributed by atoms with Crippen LogP contribution in [-0.4, -0.2) is 25.1 Å². The summed E-state index contributed by atoms with van der Waals surface area (Å²) in [5.41, 5.74) is 0. The molecule has 0 fully saturated rings. The number of benzene rings is 1. The van der Waals surface area contributed by atoms with E-state index in [1.165, 1.54) is 31.6 Å². The van der Waals surface area contributed by atoms with E-state index in [4.69, 9.17) is 4.84 Å². The number of hydrogen-bond acceptors (Lipinski definition) is 3. The highest BCUT2D eigenvalue weighted by atomic mass is 32.1. The quantitative estimate of drug-likeness (QED) is 0.754. The summed E-state index contributed by atoms with van der Waals surface area (Å²) in [6.45, 7) is 0. The zero-order valence-corrected chi connectivity index (χ0v) is 9.68. The zero-order valence-electron chi connectivity index (χ0n) is 8.86. The molecule has 5 heteroatoms. The maximum Gasteiger partial charge on any atom is 0.287 e. The van der Waals surface area contributed by atoms with Crippen LogP contribution in [0.15, 0.2) is 24.3 Å². The molecule has 0 aliphatic carbocycles. The molecular weight excluding hydrogens is 229 g/mol. The molecule has 2 rings (SSSR count). The molecule has 0 aliphatic rings. The Bertz CT molecular complexity index is 538. The molecule has 0 atom stereocenters. The van der Waals surface area contributed by atoms with Crippen molar-refractivity contribution in [1.29, 1.82) is 0 Å². The van der Waals surface area contributed by atoms with Crippen LogP contribution in [-0.2, 0) is 4.84 Å². The second-order valence-electron chi connectivity index (χ2n) is 3.25. The molecule has 1 amide bonds. The maximum atomic E-state index is 13.4. The summed E-state index contributed by atoms with van der Waals surface area (Å²) < 4.78 is 14.2. The van der Waals surface area contributed by atoms with E-state index < -0.39 is 0 Å². The first-order chi connectivity index (χ1) is 7.63. The van der Waals surface area contributed by atoms with Crippen LogP contribution in [0.5, 0.6) is 0 Å². The van der Waals surface area contributed by atoms with Gasteiger partial charge in [-0.05, 0) is 18.2 Å². The first kappa shape index (κ1) is 11.0. The van der Waals surface area contributed by atoms with Gasteiger partial charge in [-0.25, -0.2) is 9.45 Å². The smallest absolute Gasteiger partial charge is 0.274 e. The van der Waals surface area contributed by atoms with Crippen molar-refractivity contribution in [2.24, 2.45) is 0 Å². The predicted octanol–water partition coefficient (Wildman–Crippen LogP) is 2.67. The Morgan fingerprint density at radius 2 is 2.25 bits per heavy atom. The number of rotatable bonds is 2. The van der Waals surface area contributed by atoms with E-state index >= 15 is 0 Å². The second-order valence-corrected chi connectivity index (χ2v) is 4.33. The highest BCUT2D eigenvalue weighted by Crippen LogP contribution is 2.28. The van der Waals surface area contributed by atoms with E-state index in [1.54, 1.807) is 18.2 Å². The molecule has 2 aromatic rings. The molecule has 1 heterocycles. The average molecular weight is 239 g/mol. The molecule has 0 radical (unpaired) electrons. The Balaban J connectivity index is 2.48. The minimum Gasteiger partial charge on any atom is -0.274 e. The molecule has 0 saturated carbocycles. The lowest BCUT2D eigenvalue weighted by atomic mass is 10.2. The first-order valence-electron chi connectivity index (χ1n) is 4.63. The zero-order chi connectivity index (χ0) is 11.7.